The van der Waals surface area contributed by atoms with Crippen LogP contribution in [0, 0.1) is 0 Å². The first-order valence-electron chi connectivity index (χ1n) is 7.21. The third kappa shape index (κ3) is 3.95. The topological polar surface area (TPSA) is 41.5 Å². The Morgan fingerprint density at radius 2 is 1.84 bits per heavy atom. The van der Waals surface area contributed by atoms with Crippen molar-refractivity contribution in [3.8, 4) is 5.75 Å². The van der Waals surface area contributed by atoms with Gasteiger partial charge in [-0.1, -0.05) is 12.1 Å². The van der Waals surface area contributed by atoms with Gasteiger partial charge in [0, 0.05) is 12.6 Å². The van der Waals surface area contributed by atoms with Crippen LogP contribution in [0.2, 0.25) is 0 Å². The molecule has 0 amide bonds. The maximum atomic E-state index is 10.1. The lowest BCUT2D eigenvalue weighted by Gasteiger charge is -2.37. The number of aliphatic hydroxyl groups is 1. The molecule has 1 aromatic carbocycles. The number of hydrogen-bond acceptors (Lipinski definition) is 3. The van der Waals surface area contributed by atoms with Crippen molar-refractivity contribution in [1.29, 1.82) is 0 Å². The summed E-state index contributed by atoms with van der Waals surface area (Å²) in [5.41, 5.74) is 0.758. The van der Waals surface area contributed by atoms with Crippen LogP contribution < -0.4 is 10.1 Å². The van der Waals surface area contributed by atoms with Crippen LogP contribution in [0.25, 0.3) is 0 Å². The zero-order valence-corrected chi connectivity index (χ0v) is 12.1. The summed E-state index contributed by atoms with van der Waals surface area (Å²) in [5, 5.41) is 13.5. The predicted octanol–water partition coefficient (Wildman–Crippen LogP) is 3.04. The molecule has 1 fully saturated rings. The molecule has 1 saturated carbocycles. The second-order valence-corrected chi connectivity index (χ2v) is 5.92. The minimum Gasteiger partial charge on any atom is -0.491 e. The van der Waals surface area contributed by atoms with Gasteiger partial charge in [-0.05, 0) is 57.7 Å². The Kier molecular flexibility index (Phi) is 4.48. The van der Waals surface area contributed by atoms with Crippen LogP contribution >= 0.6 is 0 Å². The van der Waals surface area contributed by atoms with Gasteiger partial charge in [0.05, 0.1) is 11.7 Å². The van der Waals surface area contributed by atoms with E-state index in [4.69, 9.17) is 4.74 Å². The van der Waals surface area contributed by atoms with Gasteiger partial charge in [0.15, 0.2) is 0 Å². The van der Waals surface area contributed by atoms with Crippen LogP contribution in [-0.4, -0.2) is 23.4 Å². The SMILES string of the molecule is CC(C)Oc1ccc(C(C)NCC2(O)CCC2)cc1. The van der Waals surface area contributed by atoms with Crippen molar-refractivity contribution in [1.82, 2.24) is 5.32 Å². The Labute approximate surface area is 116 Å². The Bertz CT molecular complexity index is 396. The molecule has 1 aliphatic carbocycles. The molecule has 3 heteroatoms. The smallest absolute Gasteiger partial charge is 0.119 e. The van der Waals surface area contributed by atoms with E-state index in [1.807, 2.05) is 26.0 Å². The summed E-state index contributed by atoms with van der Waals surface area (Å²) in [6.45, 7) is 6.85. The van der Waals surface area contributed by atoms with Gasteiger partial charge in [0.25, 0.3) is 0 Å². The van der Waals surface area contributed by atoms with E-state index in [1.54, 1.807) is 0 Å². The molecule has 1 unspecified atom stereocenters. The molecular weight excluding hydrogens is 238 g/mol. The average molecular weight is 263 g/mol. The highest BCUT2D eigenvalue weighted by atomic mass is 16.5. The molecule has 1 atom stereocenters. The highest BCUT2D eigenvalue weighted by Crippen LogP contribution is 2.31. The lowest BCUT2D eigenvalue weighted by Crippen LogP contribution is -2.46. The zero-order valence-electron chi connectivity index (χ0n) is 12.1. The van der Waals surface area contributed by atoms with Gasteiger partial charge in [-0.3, -0.25) is 0 Å². The summed E-state index contributed by atoms with van der Waals surface area (Å²) < 4.78 is 5.63. The van der Waals surface area contributed by atoms with E-state index in [0.29, 0.717) is 6.54 Å². The van der Waals surface area contributed by atoms with Crippen LogP contribution in [0.3, 0.4) is 0 Å². The minimum absolute atomic E-state index is 0.203. The zero-order chi connectivity index (χ0) is 13.9. The van der Waals surface area contributed by atoms with Crippen LogP contribution in [0.4, 0.5) is 0 Å². The molecule has 0 radical (unpaired) electrons. The van der Waals surface area contributed by atoms with Gasteiger partial charge >= 0.3 is 0 Å². The fourth-order valence-corrected chi connectivity index (χ4v) is 2.33. The Morgan fingerprint density at radius 1 is 1.21 bits per heavy atom. The second kappa shape index (κ2) is 5.93. The molecule has 1 aromatic rings. The predicted molar refractivity (Wildman–Crippen MR) is 77.4 cm³/mol. The molecule has 2 N–H and O–H groups in total. The van der Waals surface area contributed by atoms with Crippen LogP contribution in [0.5, 0.6) is 5.75 Å². The Hall–Kier alpha value is -1.06. The quantitative estimate of drug-likeness (QED) is 0.829. The van der Waals surface area contributed by atoms with Crippen molar-refractivity contribution in [3.05, 3.63) is 29.8 Å². The van der Waals surface area contributed by atoms with Crippen molar-refractivity contribution in [2.45, 2.75) is 57.8 Å². The standard InChI is InChI=1S/C16H25NO2/c1-12(2)19-15-7-5-14(6-8-15)13(3)17-11-16(18)9-4-10-16/h5-8,12-13,17-18H,4,9-11H2,1-3H3. The minimum atomic E-state index is -0.463. The largest absolute Gasteiger partial charge is 0.491 e. The summed E-state index contributed by atoms with van der Waals surface area (Å²) in [4.78, 5) is 0. The van der Waals surface area contributed by atoms with Gasteiger partial charge in [0.1, 0.15) is 5.75 Å². The van der Waals surface area contributed by atoms with E-state index in [9.17, 15) is 5.11 Å². The number of benzene rings is 1. The average Bonchev–Trinajstić information content (AvgIpc) is 2.34. The number of rotatable bonds is 6. The van der Waals surface area contributed by atoms with Crippen molar-refractivity contribution in [2.24, 2.45) is 0 Å². The van der Waals surface area contributed by atoms with Crippen molar-refractivity contribution < 1.29 is 9.84 Å². The van der Waals surface area contributed by atoms with E-state index < -0.39 is 5.60 Å². The van der Waals surface area contributed by atoms with Gasteiger partial charge in [-0.15, -0.1) is 0 Å². The molecule has 19 heavy (non-hydrogen) atoms. The van der Waals surface area contributed by atoms with Gasteiger partial charge < -0.3 is 15.2 Å². The Morgan fingerprint density at radius 3 is 2.32 bits per heavy atom. The molecule has 0 saturated heterocycles. The molecular formula is C16H25NO2. The third-order valence-corrected chi connectivity index (χ3v) is 3.77. The maximum absolute atomic E-state index is 10.1. The molecule has 106 valence electrons. The summed E-state index contributed by atoms with van der Waals surface area (Å²) in [6, 6.07) is 8.43. The normalized spacial score (nSPS) is 19.0. The first-order chi connectivity index (χ1) is 8.98. The van der Waals surface area contributed by atoms with E-state index in [1.165, 1.54) is 5.56 Å². The highest BCUT2D eigenvalue weighted by molar-refractivity contribution is 5.29. The summed E-state index contributed by atoms with van der Waals surface area (Å²) >= 11 is 0. The van der Waals surface area contributed by atoms with Crippen LogP contribution in [0.1, 0.15) is 51.6 Å². The van der Waals surface area contributed by atoms with Gasteiger partial charge in [-0.2, -0.15) is 0 Å². The van der Waals surface area contributed by atoms with Gasteiger partial charge in [-0.25, -0.2) is 0 Å². The fourth-order valence-electron chi connectivity index (χ4n) is 2.33. The third-order valence-electron chi connectivity index (χ3n) is 3.77. The summed E-state index contributed by atoms with van der Waals surface area (Å²) in [7, 11) is 0. The molecule has 0 aromatic heterocycles. The molecule has 3 nitrogen and oxygen atoms in total. The van der Waals surface area contributed by atoms with E-state index >= 15 is 0 Å². The van der Waals surface area contributed by atoms with Gasteiger partial charge in [0.2, 0.25) is 0 Å². The fraction of sp³-hybridized carbons (Fsp3) is 0.625. The van der Waals surface area contributed by atoms with Crippen molar-refractivity contribution in [2.75, 3.05) is 6.54 Å². The summed E-state index contributed by atoms with van der Waals surface area (Å²) in [6.07, 6.45) is 3.20. The molecule has 1 aliphatic rings. The lowest BCUT2D eigenvalue weighted by molar-refractivity contribution is -0.0329. The van der Waals surface area contributed by atoms with E-state index in [2.05, 4.69) is 24.4 Å². The summed E-state index contributed by atoms with van der Waals surface area (Å²) in [5.74, 6) is 0.906. The van der Waals surface area contributed by atoms with E-state index in [-0.39, 0.29) is 12.1 Å². The molecule has 0 heterocycles. The van der Waals surface area contributed by atoms with E-state index in [0.717, 1.165) is 25.0 Å². The highest BCUT2D eigenvalue weighted by Gasteiger charge is 2.34. The first kappa shape index (κ1) is 14.4. The van der Waals surface area contributed by atoms with Crippen LogP contribution in [0.15, 0.2) is 24.3 Å². The first-order valence-corrected chi connectivity index (χ1v) is 7.21. The lowest BCUT2D eigenvalue weighted by atomic mass is 9.80. The molecule has 2 rings (SSSR count). The number of hydrogen-bond donors (Lipinski definition) is 2. The van der Waals surface area contributed by atoms with Crippen LogP contribution in [-0.2, 0) is 0 Å². The molecule has 0 aliphatic heterocycles. The monoisotopic (exact) mass is 263 g/mol. The molecule has 0 bridgehead atoms. The Balaban J connectivity index is 1.86. The number of ether oxygens (including phenoxy) is 1. The second-order valence-electron chi connectivity index (χ2n) is 5.92. The molecule has 0 spiro atoms. The van der Waals surface area contributed by atoms with Crippen molar-refractivity contribution in [3.63, 3.8) is 0 Å². The number of nitrogens with one attached hydrogen (secondary N) is 1. The maximum Gasteiger partial charge on any atom is 0.119 e. The van der Waals surface area contributed by atoms with Crippen molar-refractivity contribution >= 4 is 0 Å².